The molecule has 4 nitrogen and oxygen atoms in total. The molecule has 92 valence electrons. The Bertz CT molecular complexity index is 407. The highest BCUT2D eigenvalue weighted by Gasteiger charge is 2.40. The molecule has 2 saturated heterocycles. The Kier molecular flexibility index (Phi) is 2.94. The Morgan fingerprint density at radius 1 is 1.41 bits per heavy atom. The average molecular weight is 255 g/mol. The molecule has 1 aromatic heterocycles. The van der Waals surface area contributed by atoms with Crippen LogP contribution < -0.4 is 4.90 Å². The molecule has 2 fully saturated rings. The van der Waals surface area contributed by atoms with Crippen molar-refractivity contribution in [3.63, 3.8) is 0 Å². The van der Waals surface area contributed by atoms with Gasteiger partial charge in [-0.3, -0.25) is 0 Å². The molecule has 3 rings (SSSR count). The smallest absolute Gasteiger partial charge is 0.131 e. The molecule has 0 saturated carbocycles. The summed E-state index contributed by atoms with van der Waals surface area (Å²) in [5, 5.41) is 0.533. The minimum absolute atomic E-state index is 0.117. The maximum absolute atomic E-state index is 5.92. The lowest BCUT2D eigenvalue weighted by Gasteiger charge is -2.40. The number of hydrogen-bond acceptors (Lipinski definition) is 4. The van der Waals surface area contributed by atoms with Crippen molar-refractivity contribution in [1.82, 2.24) is 4.98 Å². The molecule has 0 aromatic carbocycles. The second kappa shape index (κ2) is 4.44. The van der Waals surface area contributed by atoms with Gasteiger partial charge in [0.1, 0.15) is 10.8 Å². The molecule has 17 heavy (non-hydrogen) atoms. The first-order valence-corrected chi connectivity index (χ1v) is 6.23. The number of ether oxygens (including phenoxy) is 2. The third kappa shape index (κ3) is 2.25. The van der Waals surface area contributed by atoms with E-state index in [9.17, 15) is 0 Å². The molecule has 5 heteroatoms. The van der Waals surface area contributed by atoms with Crippen LogP contribution in [0.2, 0.25) is 5.15 Å². The maximum Gasteiger partial charge on any atom is 0.131 e. The van der Waals surface area contributed by atoms with E-state index in [1.165, 1.54) is 0 Å². The number of morpholine rings is 1. The normalized spacial score (nSPS) is 28.9. The standard InChI is InChI=1S/C12H15ClN2O2/c13-11-7-10(1-3-14-11)15-4-6-17-12(8-15)2-5-16-9-12/h1,3,7H,2,4-6,8-9H2. The van der Waals surface area contributed by atoms with Crippen LogP contribution in [0, 0.1) is 0 Å². The molecule has 2 aliphatic rings. The van der Waals surface area contributed by atoms with E-state index >= 15 is 0 Å². The zero-order valence-electron chi connectivity index (χ0n) is 9.56. The SMILES string of the molecule is Clc1cc(N2CCOC3(CCOC3)C2)ccn1. The molecule has 1 unspecified atom stereocenters. The fraction of sp³-hybridized carbons (Fsp3) is 0.583. The summed E-state index contributed by atoms with van der Waals surface area (Å²) in [6.45, 7) is 3.99. The fourth-order valence-corrected chi connectivity index (χ4v) is 2.65. The zero-order valence-corrected chi connectivity index (χ0v) is 10.3. The molecule has 0 amide bonds. The third-order valence-corrected chi connectivity index (χ3v) is 3.60. The van der Waals surface area contributed by atoms with Crippen molar-refractivity contribution in [3.05, 3.63) is 23.5 Å². The van der Waals surface area contributed by atoms with Crippen LogP contribution in [0.3, 0.4) is 0 Å². The first-order valence-electron chi connectivity index (χ1n) is 5.86. The predicted octanol–water partition coefficient (Wildman–Crippen LogP) is 1.73. The second-order valence-electron chi connectivity index (χ2n) is 4.59. The van der Waals surface area contributed by atoms with Crippen molar-refractivity contribution in [2.75, 3.05) is 37.8 Å². The highest BCUT2D eigenvalue weighted by atomic mass is 35.5. The quantitative estimate of drug-likeness (QED) is 0.715. The first-order chi connectivity index (χ1) is 8.27. The zero-order chi connectivity index (χ0) is 11.7. The van der Waals surface area contributed by atoms with Crippen LogP contribution in [0.5, 0.6) is 0 Å². The van der Waals surface area contributed by atoms with Crippen molar-refractivity contribution in [3.8, 4) is 0 Å². The molecule has 0 N–H and O–H groups in total. The lowest BCUT2D eigenvalue weighted by atomic mass is 10.0. The molecule has 0 aliphatic carbocycles. The number of rotatable bonds is 1. The van der Waals surface area contributed by atoms with Crippen LogP contribution >= 0.6 is 11.6 Å². The van der Waals surface area contributed by atoms with E-state index < -0.39 is 0 Å². The van der Waals surface area contributed by atoms with Gasteiger partial charge in [0.2, 0.25) is 0 Å². The van der Waals surface area contributed by atoms with Gasteiger partial charge in [0.05, 0.1) is 13.2 Å². The Balaban J connectivity index is 1.79. The van der Waals surface area contributed by atoms with E-state index in [0.717, 1.165) is 38.4 Å². The Labute approximate surface area is 105 Å². The van der Waals surface area contributed by atoms with Crippen LogP contribution in [-0.2, 0) is 9.47 Å². The summed E-state index contributed by atoms with van der Waals surface area (Å²) < 4.78 is 11.3. The second-order valence-corrected chi connectivity index (χ2v) is 4.98. The predicted molar refractivity (Wildman–Crippen MR) is 65.6 cm³/mol. The number of pyridine rings is 1. The minimum Gasteiger partial charge on any atom is -0.378 e. The van der Waals surface area contributed by atoms with Crippen molar-refractivity contribution in [2.24, 2.45) is 0 Å². The van der Waals surface area contributed by atoms with Gasteiger partial charge in [-0.15, -0.1) is 0 Å². The lowest BCUT2D eigenvalue weighted by Crippen LogP contribution is -2.52. The van der Waals surface area contributed by atoms with Gasteiger partial charge in [-0.1, -0.05) is 11.6 Å². The van der Waals surface area contributed by atoms with Gasteiger partial charge in [0.25, 0.3) is 0 Å². The van der Waals surface area contributed by atoms with Crippen molar-refractivity contribution in [1.29, 1.82) is 0 Å². The summed E-state index contributed by atoms with van der Waals surface area (Å²) in [6, 6.07) is 3.89. The van der Waals surface area contributed by atoms with Crippen LogP contribution in [0.25, 0.3) is 0 Å². The molecule has 1 spiro atoms. The van der Waals surface area contributed by atoms with E-state index in [4.69, 9.17) is 21.1 Å². The molecule has 0 bridgehead atoms. The lowest BCUT2D eigenvalue weighted by molar-refractivity contribution is -0.0579. The van der Waals surface area contributed by atoms with Gasteiger partial charge >= 0.3 is 0 Å². The van der Waals surface area contributed by atoms with Crippen molar-refractivity contribution < 1.29 is 9.47 Å². The summed E-state index contributed by atoms with van der Waals surface area (Å²) in [6.07, 6.45) is 2.72. The summed E-state index contributed by atoms with van der Waals surface area (Å²) in [5.74, 6) is 0. The van der Waals surface area contributed by atoms with E-state index in [2.05, 4.69) is 9.88 Å². The molecule has 3 heterocycles. The first kappa shape index (κ1) is 11.3. The summed E-state index contributed by atoms with van der Waals surface area (Å²) >= 11 is 5.92. The number of anilines is 1. The van der Waals surface area contributed by atoms with Gasteiger partial charge in [0, 0.05) is 38.0 Å². The topological polar surface area (TPSA) is 34.6 Å². The number of hydrogen-bond donors (Lipinski definition) is 0. The van der Waals surface area contributed by atoms with Gasteiger partial charge < -0.3 is 14.4 Å². The molecule has 2 aliphatic heterocycles. The Morgan fingerprint density at radius 3 is 3.12 bits per heavy atom. The van der Waals surface area contributed by atoms with Crippen molar-refractivity contribution in [2.45, 2.75) is 12.0 Å². The number of halogens is 1. The highest BCUT2D eigenvalue weighted by Crippen LogP contribution is 2.30. The van der Waals surface area contributed by atoms with Gasteiger partial charge in [0.15, 0.2) is 0 Å². The van der Waals surface area contributed by atoms with Gasteiger partial charge in [-0.25, -0.2) is 4.98 Å². The number of nitrogens with zero attached hydrogens (tertiary/aromatic N) is 2. The fourth-order valence-electron chi connectivity index (χ4n) is 2.48. The van der Waals surface area contributed by atoms with Gasteiger partial charge in [-0.2, -0.15) is 0 Å². The van der Waals surface area contributed by atoms with Crippen LogP contribution in [0.15, 0.2) is 18.3 Å². The molecular formula is C12H15ClN2O2. The summed E-state index contributed by atoms with van der Waals surface area (Å²) in [5.41, 5.74) is 0.994. The van der Waals surface area contributed by atoms with Crippen LogP contribution in [0.4, 0.5) is 5.69 Å². The van der Waals surface area contributed by atoms with E-state index in [1.54, 1.807) is 6.20 Å². The molecule has 0 radical (unpaired) electrons. The highest BCUT2D eigenvalue weighted by molar-refractivity contribution is 6.29. The summed E-state index contributed by atoms with van der Waals surface area (Å²) in [7, 11) is 0. The third-order valence-electron chi connectivity index (χ3n) is 3.39. The van der Waals surface area contributed by atoms with Gasteiger partial charge in [-0.05, 0) is 12.1 Å². The van der Waals surface area contributed by atoms with E-state index in [-0.39, 0.29) is 5.60 Å². The molecule has 1 atom stereocenters. The number of aromatic nitrogens is 1. The van der Waals surface area contributed by atoms with Crippen LogP contribution in [-0.4, -0.2) is 43.5 Å². The molecule has 1 aromatic rings. The maximum atomic E-state index is 5.92. The van der Waals surface area contributed by atoms with Crippen LogP contribution in [0.1, 0.15) is 6.42 Å². The minimum atomic E-state index is -0.117. The Morgan fingerprint density at radius 2 is 2.35 bits per heavy atom. The summed E-state index contributed by atoms with van der Waals surface area (Å²) in [4.78, 5) is 6.30. The monoisotopic (exact) mass is 254 g/mol. The molecular weight excluding hydrogens is 240 g/mol. The largest absolute Gasteiger partial charge is 0.378 e. The average Bonchev–Trinajstić information content (AvgIpc) is 2.77. The van der Waals surface area contributed by atoms with Crippen molar-refractivity contribution >= 4 is 17.3 Å². The van der Waals surface area contributed by atoms with E-state index in [0.29, 0.717) is 11.8 Å². The Hall–Kier alpha value is -0.840. The van der Waals surface area contributed by atoms with E-state index in [1.807, 2.05) is 12.1 Å².